The Labute approximate surface area is 139 Å². The number of carbonyl (C=O) groups excluding carboxylic acids is 2. The van der Waals surface area contributed by atoms with Gasteiger partial charge in [0.1, 0.15) is 6.33 Å². The first kappa shape index (κ1) is 15.1. The van der Waals surface area contributed by atoms with Gasteiger partial charge >= 0.3 is 5.97 Å². The Bertz CT molecular complexity index is 843. The first-order valence-electron chi connectivity index (χ1n) is 8.05. The van der Waals surface area contributed by atoms with E-state index in [0.717, 1.165) is 6.42 Å². The Balaban J connectivity index is 1.68. The summed E-state index contributed by atoms with van der Waals surface area (Å²) in [7, 11) is 1.42. The van der Waals surface area contributed by atoms with E-state index in [-0.39, 0.29) is 23.2 Å². The number of esters is 1. The molecule has 0 bridgehead atoms. The van der Waals surface area contributed by atoms with Gasteiger partial charge in [-0.05, 0) is 29.9 Å². The van der Waals surface area contributed by atoms with Gasteiger partial charge in [-0.2, -0.15) is 0 Å². The number of ether oxygens (including phenoxy) is 1. The van der Waals surface area contributed by atoms with Crippen LogP contribution in [0.2, 0.25) is 0 Å². The van der Waals surface area contributed by atoms with Gasteiger partial charge in [0.05, 0.1) is 18.1 Å². The van der Waals surface area contributed by atoms with E-state index in [1.165, 1.54) is 7.11 Å². The Morgan fingerprint density at radius 1 is 1.38 bits per heavy atom. The molecule has 2 aromatic heterocycles. The number of methoxy groups -OCH3 is 1. The standard InChI is InChI=1S/C17H20N4O3/c1-16(2)8-17(15(23)24-3)9-21(7-12(16)17)14(22)11-5-4-6-20-10-18-19-13(11)20/h4-6,10,12H,7-9H2,1-3H3/t12-,17+/m1/s1. The third-order valence-electron chi connectivity index (χ3n) is 5.69. The quantitative estimate of drug-likeness (QED) is 0.779. The lowest BCUT2D eigenvalue weighted by Crippen LogP contribution is -2.57. The third kappa shape index (κ3) is 1.84. The molecule has 0 unspecified atom stereocenters. The highest BCUT2D eigenvalue weighted by molar-refractivity contribution is 6.00. The summed E-state index contributed by atoms with van der Waals surface area (Å²) in [6, 6.07) is 3.55. The van der Waals surface area contributed by atoms with Crippen molar-refractivity contribution < 1.29 is 14.3 Å². The molecular formula is C17H20N4O3. The molecule has 0 aromatic carbocycles. The molecular weight excluding hydrogens is 308 g/mol. The summed E-state index contributed by atoms with van der Waals surface area (Å²) >= 11 is 0. The summed E-state index contributed by atoms with van der Waals surface area (Å²) in [5.74, 6) is -0.191. The van der Waals surface area contributed by atoms with Gasteiger partial charge < -0.3 is 9.64 Å². The number of fused-ring (bicyclic) bond motifs is 2. The van der Waals surface area contributed by atoms with Crippen LogP contribution >= 0.6 is 0 Å². The van der Waals surface area contributed by atoms with Crippen LogP contribution < -0.4 is 0 Å². The predicted octanol–water partition coefficient (Wildman–Crippen LogP) is 1.39. The fourth-order valence-electron chi connectivity index (χ4n) is 4.72. The number of hydrogen-bond donors (Lipinski definition) is 0. The zero-order valence-electron chi connectivity index (χ0n) is 14.0. The first-order valence-corrected chi connectivity index (χ1v) is 8.05. The second-order valence-electron chi connectivity index (χ2n) is 7.54. The molecule has 2 aliphatic rings. The molecule has 1 aliphatic carbocycles. The largest absolute Gasteiger partial charge is 0.469 e. The number of aromatic nitrogens is 3. The molecule has 4 rings (SSSR count). The summed E-state index contributed by atoms with van der Waals surface area (Å²) in [5, 5.41) is 7.90. The molecule has 2 fully saturated rings. The SMILES string of the molecule is COC(=O)[C@@]12CN(C(=O)c3cccn4cnnc34)C[C@@H]1C(C)(C)C2. The zero-order chi connectivity index (χ0) is 17.1. The normalized spacial score (nSPS) is 27.6. The van der Waals surface area contributed by atoms with Crippen LogP contribution in [-0.4, -0.2) is 51.6 Å². The van der Waals surface area contributed by atoms with Crippen molar-refractivity contribution in [3.05, 3.63) is 30.2 Å². The van der Waals surface area contributed by atoms with E-state index in [1.807, 2.05) is 0 Å². The maximum atomic E-state index is 13.0. The second kappa shape index (κ2) is 4.78. The van der Waals surface area contributed by atoms with Crippen molar-refractivity contribution in [2.75, 3.05) is 20.2 Å². The van der Waals surface area contributed by atoms with Gasteiger partial charge in [0.15, 0.2) is 5.65 Å². The molecule has 1 aliphatic heterocycles. The van der Waals surface area contributed by atoms with Gasteiger partial charge in [-0.3, -0.25) is 14.0 Å². The topological polar surface area (TPSA) is 76.8 Å². The molecule has 3 heterocycles. The maximum absolute atomic E-state index is 13.0. The first-order chi connectivity index (χ1) is 11.4. The number of hydrogen-bond acceptors (Lipinski definition) is 5. The minimum absolute atomic E-state index is 0.0318. The van der Waals surface area contributed by atoms with Crippen LogP contribution in [0.15, 0.2) is 24.7 Å². The van der Waals surface area contributed by atoms with Gasteiger partial charge in [0.2, 0.25) is 0 Å². The van der Waals surface area contributed by atoms with Crippen molar-refractivity contribution in [1.82, 2.24) is 19.5 Å². The number of pyridine rings is 1. The lowest BCUT2D eigenvalue weighted by atomic mass is 9.48. The highest BCUT2D eigenvalue weighted by Gasteiger charge is 2.68. The maximum Gasteiger partial charge on any atom is 0.314 e. The monoisotopic (exact) mass is 328 g/mol. The summed E-state index contributed by atoms with van der Waals surface area (Å²) in [6.45, 7) is 5.26. The highest BCUT2D eigenvalue weighted by atomic mass is 16.5. The lowest BCUT2D eigenvalue weighted by molar-refractivity contribution is -0.174. The van der Waals surface area contributed by atoms with Crippen LogP contribution in [0, 0.1) is 16.7 Å². The number of nitrogens with zero attached hydrogens (tertiary/aromatic N) is 4. The van der Waals surface area contributed by atoms with Crippen LogP contribution in [0.5, 0.6) is 0 Å². The molecule has 2 aromatic rings. The van der Waals surface area contributed by atoms with Crippen LogP contribution in [0.25, 0.3) is 5.65 Å². The fraction of sp³-hybridized carbons (Fsp3) is 0.529. The van der Waals surface area contributed by atoms with Gasteiger partial charge in [0, 0.05) is 19.3 Å². The van der Waals surface area contributed by atoms with Crippen LogP contribution in [0.3, 0.4) is 0 Å². The Hall–Kier alpha value is -2.44. The zero-order valence-corrected chi connectivity index (χ0v) is 14.0. The van der Waals surface area contributed by atoms with Crippen LogP contribution in [0.4, 0.5) is 0 Å². The molecule has 7 nitrogen and oxygen atoms in total. The molecule has 1 saturated carbocycles. The summed E-state index contributed by atoms with van der Waals surface area (Å²) < 4.78 is 6.76. The number of carbonyl (C=O) groups is 2. The van der Waals surface area contributed by atoms with Crippen molar-refractivity contribution >= 4 is 17.5 Å². The highest BCUT2D eigenvalue weighted by Crippen LogP contribution is 2.63. The molecule has 0 spiro atoms. The minimum atomic E-state index is -0.563. The van der Waals surface area contributed by atoms with Crippen molar-refractivity contribution in [1.29, 1.82) is 0 Å². The Morgan fingerprint density at radius 2 is 2.17 bits per heavy atom. The van der Waals surface area contributed by atoms with E-state index in [4.69, 9.17) is 4.74 Å². The lowest BCUT2D eigenvalue weighted by Gasteiger charge is -2.54. The number of likely N-dealkylation sites (tertiary alicyclic amines) is 1. The molecule has 1 amide bonds. The van der Waals surface area contributed by atoms with Gasteiger partial charge in [-0.1, -0.05) is 13.8 Å². The molecule has 0 radical (unpaired) electrons. The smallest absolute Gasteiger partial charge is 0.314 e. The second-order valence-corrected chi connectivity index (χ2v) is 7.54. The number of amides is 1. The Morgan fingerprint density at radius 3 is 2.88 bits per heavy atom. The van der Waals surface area contributed by atoms with Gasteiger partial charge in [-0.25, -0.2) is 0 Å². The minimum Gasteiger partial charge on any atom is -0.469 e. The van der Waals surface area contributed by atoms with E-state index < -0.39 is 5.41 Å². The summed E-state index contributed by atoms with van der Waals surface area (Å²) in [5.41, 5.74) is 0.513. The van der Waals surface area contributed by atoms with Gasteiger partial charge in [0.25, 0.3) is 5.91 Å². The van der Waals surface area contributed by atoms with E-state index in [9.17, 15) is 9.59 Å². The van der Waals surface area contributed by atoms with Crippen LogP contribution in [-0.2, 0) is 9.53 Å². The Kier molecular flexibility index (Phi) is 3.01. The van der Waals surface area contributed by atoms with E-state index in [2.05, 4.69) is 24.0 Å². The third-order valence-corrected chi connectivity index (χ3v) is 5.69. The van der Waals surface area contributed by atoms with Crippen molar-refractivity contribution in [3.63, 3.8) is 0 Å². The van der Waals surface area contributed by atoms with Gasteiger partial charge in [-0.15, -0.1) is 10.2 Å². The van der Waals surface area contributed by atoms with E-state index >= 15 is 0 Å². The predicted molar refractivity (Wildman–Crippen MR) is 85.2 cm³/mol. The van der Waals surface area contributed by atoms with Crippen molar-refractivity contribution in [2.24, 2.45) is 16.7 Å². The van der Waals surface area contributed by atoms with Crippen molar-refractivity contribution in [3.8, 4) is 0 Å². The average molecular weight is 328 g/mol. The number of rotatable bonds is 2. The molecule has 1 saturated heterocycles. The molecule has 2 atom stereocenters. The molecule has 126 valence electrons. The van der Waals surface area contributed by atoms with Crippen LogP contribution in [0.1, 0.15) is 30.6 Å². The van der Waals surface area contributed by atoms with E-state index in [1.54, 1.807) is 34.0 Å². The van der Waals surface area contributed by atoms with Crippen molar-refractivity contribution in [2.45, 2.75) is 20.3 Å². The molecule has 24 heavy (non-hydrogen) atoms. The molecule has 7 heteroatoms. The summed E-state index contributed by atoms with van der Waals surface area (Å²) in [6.07, 6.45) is 4.12. The summed E-state index contributed by atoms with van der Waals surface area (Å²) in [4.78, 5) is 27.2. The molecule has 0 N–H and O–H groups in total. The average Bonchev–Trinajstić information content (AvgIpc) is 3.16. The fourth-order valence-corrected chi connectivity index (χ4v) is 4.72. The van der Waals surface area contributed by atoms with E-state index in [0.29, 0.717) is 24.3 Å².